The number of benzene rings is 2. The summed E-state index contributed by atoms with van der Waals surface area (Å²) in [6.45, 7) is 0.678. The van der Waals surface area contributed by atoms with Gasteiger partial charge in [-0.25, -0.2) is 4.79 Å². The van der Waals surface area contributed by atoms with Crippen LogP contribution in [0.1, 0.15) is 15.9 Å². The van der Waals surface area contributed by atoms with Crippen LogP contribution in [-0.4, -0.2) is 17.7 Å². The van der Waals surface area contributed by atoms with Crippen LogP contribution in [0.4, 0.5) is 0 Å². The minimum absolute atomic E-state index is 0.183. The maximum atomic E-state index is 10.9. The zero-order valence-corrected chi connectivity index (χ0v) is 10.8. The molecule has 0 saturated carbocycles. The molecular weight excluding hydrogens is 264 g/mol. The third-order valence-electron chi connectivity index (χ3n) is 3.22. The molecule has 0 amide bonds. The molecule has 0 spiro atoms. The van der Waals surface area contributed by atoms with E-state index in [-0.39, 0.29) is 5.56 Å². The lowest BCUT2D eigenvalue weighted by Gasteiger charge is -2.10. The lowest BCUT2D eigenvalue weighted by atomic mass is 10.00. The van der Waals surface area contributed by atoms with Gasteiger partial charge >= 0.3 is 5.97 Å². The number of carboxylic acids is 1. The minimum Gasteiger partial charge on any atom is -0.492 e. The molecule has 0 bridgehead atoms. The van der Waals surface area contributed by atoms with Gasteiger partial charge in [0.15, 0.2) is 0 Å². The number of rotatable bonds is 2. The van der Waals surface area contributed by atoms with E-state index in [1.165, 1.54) is 6.07 Å². The van der Waals surface area contributed by atoms with E-state index in [0.717, 1.165) is 28.9 Å². The van der Waals surface area contributed by atoms with Crippen LogP contribution in [0.2, 0.25) is 5.02 Å². The SMILES string of the molecule is O=C(O)c1ccc(-c2cccc3c2OCC3)c(Cl)c1. The molecule has 3 rings (SSSR count). The summed E-state index contributed by atoms with van der Waals surface area (Å²) in [6, 6.07) is 10.7. The van der Waals surface area contributed by atoms with Crippen LogP contribution in [-0.2, 0) is 6.42 Å². The Labute approximate surface area is 115 Å². The van der Waals surface area contributed by atoms with E-state index < -0.39 is 5.97 Å². The summed E-state index contributed by atoms with van der Waals surface area (Å²) < 4.78 is 5.64. The number of ether oxygens (including phenoxy) is 1. The van der Waals surface area contributed by atoms with Gasteiger partial charge in [-0.3, -0.25) is 0 Å². The molecule has 1 aliphatic rings. The number of halogens is 1. The van der Waals surface area contributed by atoms with Crippen molar-refractivity contribution in [2.24, 2.45) is 0 Å². The van der Waals surface area contributed by atoms with Gasteiger partial charge in [0.25, 0.3) is 0 Å². The molecule has 2 aromatic carbocycles. The molecule has 2 aromatic rings. The van der Waals surface area contributed by atoms with E-state index >= 15 is 0 Å². The first-order chi connectivity index (χ1) is 9.16. The van der Waals surface area contributed by atoms with Crippen molar-refractivity contribution in [1.29, 1.82) is 0 Å². The van der Waals surface area contributed by atoms with Crippen molar-refractivity contribution < 1.29 is 14.6 Å². The Bertz CT molecular complexity index is 664. The topological polar surface area (TPSA) is 46.5 Å². The van der Waals surface area contributed by atoms with Crippen LogP contribution in [0.3, 0.4) is 0 Å². The Morgan fingerprint density at radius 3 is 2.79 bits per heavy atom. The zero-order chi connectivity index (χ0) is 13.4. The summed E-state index contributed by atoms with van der Waals surface area (Å²) in [5.74, 6) is -0.129. The largest absolute Gasteiger partial charge is 0.492 e. The third kappa shape index (κ3) is 2.06. The van der Waals surface area contributed by atoms with E-state index in [2.05, 4.69) is 0 Å². The highest BCUT2D eigenvalue weighted by Gasteiger charge is 2.18. The molecular formula is C15H11ClO3. The molecule has 1 N–H and O–H groups in total. The van der Waals surface area contributed by atoms with Gasteiger partial charge in [-0.2, -0.15) is 0 Å². The molecule has 0 aromatic heterocycles. The van der Waals surface area contributed by atoms with Crippen molar-refractivity contribution in [3.05, 3.63) is 52.5 Å². The van der Waals surface area contributed by atoms with Gasteiger partial charge in [-0.15, -0.1) is 0 Å². The first-order valence-electron chi connectivity index (χ1n) is 5.95. The first kappa shape index (κ1) is 12.1. The van der Waals surface area contributed by atoms with Crippen LogP contribution < -0.4 is 4.74 Å². The fourth-order valence-electron chi connectivity index (χ4n) is 2.29. The smallest absolute Gasteiger partial charge is 0.335 e. The minimum atomic E-state index is -0.983. The van der Waals surface area contributed by atoms with Crippen molar-refractivity contribution in [3.63, 3.8) is 0 Å². The summed E-state index contributed by atoms with van der Waals surface area (Å²) in [4.78, 5) is 10.9. The number of carboxylic acid groups (broad SMARTS) is 1. The molecule has 0 fully saturated rings. The van der Waals surface area contributed by atoms with Crippen molar-refractivity contribution >= 4 is 17.6 Å². The Hall–Kier alpha value is -2.00. The molecule has 0 atom stereocenters. The Morgan fingerprint density at radius 1 is 1.21 bits per heavy atom. The van der Waals surface area contributed by atoms with Crippen LogP contribution in [0.5, 0.6) is 5.75 Å². The zero-order valence-electron chi connectivity index (χ0n) is 10.0. The van der Waals surface area contributed by atoms with E-state index in [0.29, 0.717) is 11.6 Å². The second-order valence-corrected chi connectivity index (χ2v) is 4.80. The normalized spacial score (nSPS) is 12.9. The van der Waals surface area contributed by atoms with E-state index in [1.807, 2.05) is 18.2 Å². The van der Waals surface area contributed by atoms with Crippen LogP contribution in [0, 0.1) is 0 Å². The fraction of sp³-hybridized carbons (Fsp3) is 0.133. The van der Waals surface area contributed by atoms with Gasteiger partial charge in [0, 0.05) is 22.6 Å². The monoisotopic (exact) mass is 274 g/mol. The average molecular weight is 275 g/mol. The summed E-state index contributed by atoms with van der Waals surface area (Å²) in [5.41, 5.74) is 3.06. The van der Waals surface area contributed by atoms with Crippen molar-refractivity contribution in [1.82, 2.24) is 0 Å². The molecule has 0 saturated heterocycles. The van der Waals surface area contributed by atoms with Gasteiger partial charge in [0.1, 0.15) is 5.75 Å². The van der Waals surface area contributed by atoms with E-state index in [9.17, 15) is 4.79 Å². The summed E-state index contributed by atoms with van der Waals surface area (Å²) in [7, 11) is 0. The van der Waals surface area contributed by atoms with E-state index in [4.69, 9.17) is 21.4 Å². The van der Waals surface area contributed by atoms with Gasteiger partial charge in [0.2, 0.25) is 0 Å². The molecule has 1 aliphatic heterocycles. The fourth-order valence-corrected chi connectivity index (χ4v) is 2.58. The molecule has 0 aliphatic carbocycles. The number of para-hydroxylation sites is 1. The molecule has 1 heterocycles. The van der Waals surface area contributed by atoms with Crippen LogP contribution >= 0.6 is 11.6 Å². The lowest BCUT2D eigenvalue weighted by molar-refractivity contribution is 0.0697. The van der Waals surface area contributed by atoms with Crippen LogP contribution in [0.25, 0.3) is 11.1 Å². The summed E-state index contributed by atoms with van der Waals surface area (Å²) in [6.07, 6.45) is 0.897. The van der Waals surface area contributed by atoms with Gasteiger partial charge in [0.05, 0.1) is 12.2 Å². The number of aromatic carboxylic acids is 1. The second kappa shape index (κ2) is 4.59. The highest BCUT2D eigenvalue weighted by Crippen LogP contribution is 2.39. The second-order valence-electron chi connectivity index (χ2n) is 4.39. The Kier molecular flexibility index (Phi) is 2.91. The highest BCUT2D eigenvalue weighted by molar-refractivity contribution is 6.33. The number of hydrogen-bond acceptors (Lipinski definition) is 2. The molecule has 4 heteroatoms. The van der Waals surface area contributed by atoms with Crippen molar-refractivity contribution in [2.75, 3.05) is 6.61 Å². The number of hydrogen-bond donors (Lipinski definition) is 1. The Balaban J connectivity index is 2.13. The van der Waals surface area contributed by atoms with Gasteiger partial charge < -0.3 is 9.84 Å². The molecule has 0 unspecified atom stereocenters. The van der Waals surface area contributed by atoms with Crippen molar-refractivity contribution in [3.8, 4) is 16.9 Å². The Morgan fingerprint density at radius 2 is 2.05 bits per heavy atom. The van der Waals surface area contributed by atoms with Crippen molar-refractivity contribution in [2.45, 2.75) is 6.42 Å². The quantitative estimate of drug-likeness (QED) is 0.909. The summed E-state index contributed by atoms with van der Waals surface area (Å²) in [5, 5.41) is 9.36. The van der Waals surface area contributed by atoms with E-state index in [1.54, 1.807) is 12.1 Å². The predicted octanol–water partition coefficient (Wildman–Crippen LogP) is 3.64. The van der Waals surface area contributed by atoms with Gasteiger partial charge in [-0.1, -0.05) is 35.9 Å². The predicted molar refractivity (Wildman–Crippen MR) is 73.0 cm³/mol. The van der Waals surface area contributed by atoms with Crippen LogP contribution in [0.15, 0.2) is 36.4 Å². The number of carbonyl (C=O) groups is 1. The molecule has 3 nitrogen and oxygen atoms in total. The first-order valence-corrected chi connectivity index (χ1v) is 6.32. The van der Waals surface area contributed by atoms with Gasteiger partial charge in [-0.05, 0) is 17.7 Å². The molecule has 96 valence electrons. The number of fused-ring (bicyclic) bond motifs is 1. The maximum Gasteiger partial charge on any atom is 0.335 e. The lowest BCUT2D eigenvalue weighted by Crippen LogP contribution is -1.96. The standard InChI is InChI=1S/C15H11ClO3/c16-13-8-10(15(17)18)4-5-11(13)12-3-1-2-9-6-7-19-14(9)12/h1-5,8H,6-7H2,(H,17,18). The molecule has 0 radical (unpaired) electrons. The summed E-state index contributed by atoms with van der Waals surface area (Å²) >= 11 is 6.19. The third-order valence-corrected chi connectivity index (χ3v) is 3.53. The highest BCUT2D eigenvalue weighted by atomic mass is 35.5. The maximum absolute atomic E-state index is 10.9. The average Bonchev–Trinajstić information content (AvgIpc) is 2.86. The molecule has 19 heavy (non-hydrogen) atoms.